The lowest BCUT2D eigenvalue weighted by Gasteiger charge is -2.22. The Morgan fingerprint density at radius 3 is 2.68 bits per heavy atom. The number of hydrogen-bond acceptors (Lipinski definition) is 3. The molecule has 1 aromatic carbocycles. The van der Waals surface area contributed by atoms with Crippen LogP contribution in [0.2, 0.25) is 0 Å². The van der Waals surface area contributed by atoms with Crippen LogP contribution in [0.5, 0.6) is 0 Å². The minimum atomic E-state index is -0.412. The van der Waals surface area contributed by atoms with Crippen molar-refractivity contribution in [3.8, 4) is 0 Å². The molecule has 0 aliphatic rings. The highest BCUT2D eigenvalue weighted by Crippen LogP contribution is 2.18. The van der Waals surface area contributed by atoms with Gasteiger partial charge in [0, 0.05) is 6.54 Å². The van der Waals surface area contributed by atoms with E-state index in [9.17, 15) is 9.18 Å². The zero-order valence-corrected chi connectivity index (χ0v) is 11.7. The number of nitrogen functional groups attached to an aromatic ring is 1. The summed E-state index contributed by atoms with van der Waals surface area (Å²) in [4.78, 5) is 14.0. The van der Waals surface area contributed by atoms with Crippen molar-refractivity contribution < 1.29 is 9.18 Å². The molecule has 0 spiro atoms. The summed E-state index contributed by atoms with van der Waals surface area (Å²) in [5.74, 6) is -0.0464. The third-order valence-corrected chi connectivity index (χ3v) is 2.73. The Morgan fingerprint density at radius 2 is 2.16 bits per heavy atom. The van der Waals surface area contributed by atoms with Gasteiger partial charge in [-0.05, 0) is 30.7 Å². The van der Waals surface area contributed by atoms with Gasteiger partial charge in [0.05, 0.1) is 17.9 Å². The van der Waals surface area contributed by atoms with Gasteiger partial charge in [0.25, 0.3) is 0 Å². The third-order valence-electron chi connectivity index (χ3n) is 2.73. The summed E-state index contributed by atoms with van der Waals surface area (Å²) in [6, 6.07) is 3.94. The van der Waals surface area contributed by atoms with Gasteiger partial charge in [-0.3, -0.25) is 9.69 Å². The van der Waals surface area contributed by atoms with Crippen molar-refractivity contribution in [3.05, 3.63) is 24.0 Å². The molecule has 0 aliphatic heterocycles. The van der Waals surface area contributed by atoms with E-state index in [2.05, 4.69) is 24.1 Å². The number of nitrogens with two attached hydrogens (primary N) is 1. The number of carbonyl (C=O) groups excluding carboxylic acids is 1. The summed E-state index contributed by atoms with van der Waals surface area (Å²) in [5, 5.41) is 2.70. The third kappa shape index (κ3) is 5.26. The molecular weight excluding hydrogens is 245 g/mol. The van der Waals surface area contributed by atoms with E-state index in [0.29, 0.717) is 18.2 Å². The molecule has 0 heterocycles. The van der Waals surface area contributed by atoms with E-state index in [1.54, 1.807) is 0 Å². The number of nitrogens with zero attached hydrogens (tertiary/aromatic N) is 1. The zero-order valence-electron chi connectivity index (χ0n) is 11.7. The molecule has 19 heavy (non-hydrogen) atoms. The molecular formula is C14H22FN3O. The molecule has 1 amide bonds. The van der Waals surface area contributed by atoms with E-state index in [-0.39, 0.29) is 11.6 Å². The Kier molecular flexibility index (Phi) is 5.76. The van der Waals surface area contributed by atoms with Crippen molar-refractivity contribution in [2.24, 2.45) is 5.92 Å². The summed E-state index contributed by atoms with van der Waals surface area (Å²) in [5.41, 5.74) is 6.33. The predicted molar refractivity (Wildman–Crippen MR) is 76.4 cm³/mol. The summed E-state index contributed by atoms with van der Waals surface area (Å²) in [6.45, 7) is 8.22. The van der Waals surface area contributed by atoms with Crippen LogP contribution >= 0.6 is 0 Å². The number of benzene rings is 1. The van der Waals surface area contributed by atoms with Gasteiger partial charge in [0.1, 0.15) is 5.82 Å². The van der Waals surface area contributed by atoms with E-state index >= 15 is 0 Å². The lowest BCUT2D eigenvalue weighted by Crippen LogP contribution is -2.35. The van der Waals surface area contributed by atoms with Crippen molar-refractivity contribution in [2.45, 2.75) is 20.8 Å². The van der Waals surface area contributed by atoms with E-state index in [1.807, 2.05) is 6.92 Å². The van der Waals surface area contributed by atoms with Crippen molar-refractivity contribution in [1.29, 1.82) is 0 Å². The van der Waals surface area contributed by atoms with Gasteiger partial charge in [0.15, 0.2) is 0 Å². The van der Waals surface area contributed by atoms with Crippen LogP contribution in [0.4, 0.5) is 15.8 Å². The minimum Gasteiger partial charge on any atom is -0.397 e. The molecule has 1 aromatic rings. The molecule has 0 radical (unpaired) electrons. The second-order valence-electron chi connectivity index (χ2n) is 5.00. The standard InChI is InChI=1S/C14H22FN3O/c1-4-18(8-10(2)3)9-14(19)17-13-6-5-11(15)7-12(13)16/h5-7,10H,4,8-9,16H2,1-3H3,(H,17,19). The molecule has 0 fully saturated rings. The van der Waals surface area contributed by atoms with Gasteiger partial charge >= 0.3 is 0 Å². The lowest BCUT2D eigenvalue weighted by molar-refractivity contribution is -0.117. The average molecular weight is 267 g/mol. The first-order valence-corrected chi connectivity index (χ1v) is 6.49. The molecule has 5 heteroatoms. The number of rotatable bonds is 6. The van der Waals surface area contributed by atoms with Crippen LogP contribution < -0.4 is 11.1 Å². The summed E-state index contributed by atoms with van der Waals surface area (Å²) >= 11 is 0. The highest BCUT2D eigenvalue weighted by Gasteiger charge is 2.11. The van der Waals surface area contributed by atoms with Crippen molar-refractivity contribution in [2.75, 3.05) is 30.7 Å². The van der Waals surface area contributed by atoms with Gasteiger partial charge in [-0.2, -0.15) is 0 Å². The lowest BCUT2D eigenvalue weighted by atomic mass is 10.2. The molecule has 0 atom stereocenters. The Balaban J connectivity index is 2.59. The maximum absolute atomic E-state index is 12.9. The molecule has 0 aliphatic carbocycles. The highest BCUT2D eigenvalue weighted by molar-refractivity contribution is 5.95. The Hall–Kier alpha value is -1.62. The van der Waals surface area contributed by atoms with Gasteiger partial charge in [-0.15, -0.1) is 0 Å². The van der Waals surface area contributed by atoms with Crippen LogP contribution in [0.1, 0.15) is 20.8 Å². The maximum atomic E-state index is 12.9. The predicted octanol–water partition coefficient (Wildman–Crippen LogP) is 2.32. The van der Waals surface area contributed by atoms with Crippen molar-refractivity contribution >= 4 is 17.3 Å². The van der Waals surface area contributed by atoms with E-state index in [4.69, 9.17) is 5.73 Å². The summed E-state index contributed by atoms with van der Waals surface area (Å²) < 4.78 is 12.9. The molecule has 0 saturated carbocycles. The Morgan fingerprint density at radius 1 is 1.47 bits per heavy atom. The molecule has 0 saturated heterocycles. The van der Waals surface area contributed by atoms with Crippen LogP contribution in [0, 0.1) is 11.7 Å². The summed E-state index contributed by atoms with van der Waals surface area (Å²) in [6.07, 6.45) is 0. The van der Waals surface area contributed by atoms with Crippen LogP contribution in [0.25, 0.3) is 0 Å². The smallest absolute Gasteiger partial charge is 0.238 e. The van der Waals surface area contributed by atoms with Crippen LogP contribution in [0.3, 0.4) is 0 Å². The van der Waals surface area contributed by atoms with Crippen molar-refractivity contribution in [1.82, 2.24) is 4.90 Å². The quantitative estimate of drug-likeness (QED) is 0.778. The molecule has 1 rings (SSSR count). The largest absolute Gasteiger partial charge is 0.397 e. The normalized spacial score (nSPS) is 11.1. The number of amides is 1. The number of carbonyl (C=O) groups is 1. The van der Waals surface area contributed by atoms with Gasteiger partial charge < -0.3 is 11.1 Å². The fourth-order valence-corrected chi connectivity index (χ4v) is 1.86. The van der Waals surface area contributed by atoms with Gasteiger partial charge in [-0.25, -0.2) is 4.39 Å². The fraction of sp³-hybridized carbons (Fsp3) is 0.500. The molecule has 0 aromatic heterocycles. The molecule has 3 N–H and O–H groups in total. The first kappa shape index (κ1) is 15.4. The topological polar surface area (TPSA) is 58.4 Å². The second kappa shape index (κ2) is 7.09. The Labute approximate surface area is 113 Å². The number of likely N-dealkylation sites (N-methyl/N-ethyl adjacent to an activating group) is 1. The average Bonchev–Trinajstić information content (AvgIpc) is 2.31. The fourth-order valence-electron chi connectivity index (χ4n) is 1.86. The van der Waals surface area contributed by atoms with Crippen LogP contribution in [0.15, 0.2) is 18.2 Å². The number of halogens is 1. The molecule has 106 valence electrons. The number of hydrogen-bond donors (Lipinski definition) is 2. The summed E-state index contributed by atoms with van der Waals surface area (Å²) in [7, 11) is 0. The number of nitrogens with one attached hydrogen (secondary N) is 1. The SMILES string of the molecule is CCN(CC(=O)Nc1ccc(F)cc1N)CC(C)C. The van der Waals surface area contributed by atoms with Gasteiger partial charge in [-0.1, -0.05) is 20.8 Å². The second-order valence-corrected chi connectivity index (χ2v) is 5.00. The van der Waals surface area contributed by atoms with Crippen LogP contribution in [-0.4, -0.2) is 30.4 Å². The maximum Gasteiger partial charge on any atom is 0.238 e. The monoisotopic (exact) mass is 267 g/mol. The van der Waals surface area contributed by atoms with E-state index in [1.165, 1.54) is 18.2 Å². The first-order valence-electron chi connectivity index (χ1n) is 6.49. The van der Waals surface area contributed by atoms with E-state index < -0.39 is 5.82 Å². The molecule has 0 unspecified atom stereocenters. The van der Waals surface area contributed by atoms with Gasteiger partial charge in [0.2, 0.25) is 5.91 Å². The first-order chi connectivity index (χ1) is 8.92. The van der Waals surface area contributed by atoms with Crippen molar-refractivity contribution in [3.63, 3.8) is 0 Å². The molecule has 0 bridgehead atoms. The van der Waals surface area contributed by atoms with E-state index in [0.717, 1.165) is 13.1 Å². The highest BCUT2D eigenvalue weighted by atomic mass is 19.1. The van der Waals surface area contributed by atoms with Crippen LogP contribution in [-0.2, 0) is 4.79 Å². The minimum absolute atomic E-state index is 0.138. The Bertz CT molecular complexity index is 435. The molecule has 4 nitrogen and oxygen atoms in total. The zero-order chi connectivity index (χ0) is 14.4. The number of anilines is 2.